The van der Waals surface area contributed by atoms with E-state index in [9.17, 15) is 20.4 Å². The third-order valence-corrected chi connectivity index (χ3v) is 4.26. The Bertz CT molecular complexity index is 264. The molecule has 0 heterocycles. The van der Waals surface area contributed by atoms with E-state index in [4.69, 9.17) is 9.84 Å². The van der Waals surface area contributed by atoms with Crippen LogP contribution in [0.15, 0.2) is 0 Å². The highest BCUT2D eigenvalue weighted by molar-refractivity contribution is 4.80. The Morgan fingerprint density at radius 3 is 1.62 bits per heavy atom. The van der Waals surface area contributed by atoms with E-state index in [-0.39, 0.29) is 6.61 Å². The highest BCUT2D eigenvalue weighted by atomic mass is 16.5. The molecule has 0 aromatic heterocycles. The standard InChI is InChI=1S/C18H38O6/c1-2-3-4-5-6-7-8-9-10-11-12-24-14-16(21)18(23)17(22)15(20)13-19/h15-23H,2-14H2,1H3/t15-,16-,17-,18-/m0/s1. The Labute approximate surface area is 146 Å². The van der Waals surface area contributed by atoms with Crippen LogP contribution >= 0.6 is 0 Å². The van der Waals surface area contributed by atoms with E-state index in [0.717, 1.165) is 12.8 Å². The van der Waals surface area contributed by atoms with E-state index < -0.39 is 31.0 Å². The molecule has 0 saturated carbocycles. The Hall–Kier alpha value is -0.240. The second-order valence-corrected chi connectivity index (χ2v) is 6.56. The van der Waals surface area contributed by atoms with E-state index in [1.54, 1.807) is 0 Å². The summed E-state index contributed by atoms with van der Waals surface area (Å²) in [6, 6.07) is 0. The van der Waals surface area contributed by atoms with Crippen LogP contribution in [-0.2, 0) is 4.74 Å². The van der Waals surface area contributed by atoms with Gasteiger partial charge in [0, 0.05) is 6.61 Å². The van der Waals surface area contributed by atoms with Crippen molar-refractivity contribution < 1.29 is 30.3 Å². The van der Waals surface area contributed by atoms with Gasteiger partial charge in [-0.25, -0.2) is 0 Å². The molecule has 0 unspecified atom stereocenters. The molecule has 6 heteroatoms. The largest absolute Gasteiger partial charge is 0.394 e. The molecule has 0 radical (unpaired) electrons. The van der Waals surface area contributed by atoms with Gasteiger partial charge >= 0.3 is 0 Å². The minimum atomic E-state index is -1.59. The molecule has 0 aliphatic rings. The first-order valence-electron chi connectivity index (χ1n) is 9.45. The molecule has 6 nitrogen and oxygen atoms in total. The molecular formula is C18H38O6. The van der Waals surface area contributed by atoms with Crippen LogP contribution in [0.3, 0.4) is 0 Å². The smallest absolute Gasteiger partial charge is 0.111 e. The number of hydrogen-bond donors (Lipinski definition) is 5. The van der Waals surface area contributed by atoms with Crippen LogP contribution in [0.25, 0.3) is 0 Å². The zero-order valence-electron chi connectivity index (χ0n) is 15.1. The molecule has 0 rings (SSSR count). The van der Waals surface area contributed by atoms with Gasteiger partial charge < -0.3 is 30.3 Å². The molecule has 0 aliphatic carbocycles. The summed E-state index contributed by atoms with van der Waals surface area (Å²) in [5, 5.41) is 46.6. The topological polar surface area (TPSA) is 110 Å². The van der Waals surface area contributed by atoms with E-state index in [1.807, 2.05) is 0 Å². The number of aliphatic hydroxyl groups is 5. The van der Waals surface area contributed by atoms with Crippen LogP contribution in [0, 0.1) is 0 Å². The zero-order chi connectivity index (χ0) is 18.2. The lowest BCUT2D eigenvalue weighted by molar-refractivity contribution is -0.129. The molecule has 4 atom stereocenters. The lowest BCUT2D eigenvalue weighted by Crippen LogP contribution is -2.47. The Balaban J connectivity index is 3.43. The van der Waals surface area contributed by atoms with Crippen molar-refractivity contribution in [3.05, 3.63) is 0 Å². The average Bonchev–Trinajstić information content (AvgIpc) is 2.60. The highest BCUT2D eigenvalue weighted by Gasteiger charge is 2.29. The van der Waals surface area contributed by atoms with Gasteiger partial charge in [0.05, 0.1) is 13.2 Å². The SMILES string of the molecule is CCCCCCCCCCCCOC[C@H](O)[C@H](O)[C@@H](O)[C@@H](O)CO. The second-order valence-electron chi connectivity index (χ2n) is 6.56. The van der Waals surface area contributed by atoms with Gasteiger partial charge in [-0.2, -0.15) is 0 Å². The monoisotopic (exact) mass is 350 g/mol. The van der Waals surface area contributed by atoms with Crippen molar-refractivity contribution in [2.75, 3.05) is 19.8 Å². The van der Waals surface area contributed by atoms with Gasteiger partial charge in [-0.3, -0.25) is 0 Å². The number of aliphatic hydroxyl groups excluding tert-OH is 5. The van der Waals surface area contributed by atoms with Crippen LogP contribution in [-0.4, -0.2) is 69.8 Å². The first-order chi connectivity index (χ1) is 11.5. The number of hydrogen-bond acceptors (Lipinski definition) is 6. The van der Waals surface area contributed by atoms with Crippen LogP contribution in [0.1, 0.15) is 71.1 Å². The van der Waals surface area contributed by atoms with Gasteiger partial charge in [-0.15, -0.1) is 0 Å². The molecule has 146 valence electrons. The number of rotatable bonds is 17. The molecule has 0 aliphatic heterocycles. The third kappa shape index (κ3) is 12.2. The first kappa shape index (κ1) is 23.8. The summed E-state index contributed by atoms with van der Waals surface area (Å²) < 4.78 is 5.29. The number of ether oxygens (including phenoxy) is 1. The molecule has 24 heavy (non-hydrogen) atoms. The molecular weight excluding hydrogens is 312 g/mol. The quantitative estimate of drug-likeness (QED) is 0.253. The molecule has 0 fully saturated rings. The van der Waals surface area contributed by atoms with Gasteiger partial charge in [-0.05, 0) is 6.42 Å². The van der Waals surface area contributed by atoms with Gasteiger partial charge in [0.15, 0.2) is 0 Å². The lowest BCUT2D eigenvalue weighted by atomic mass is 10.0. The number of unbranched alkanes of at least 4 members (excludes halogenated alkanes) is 9. The summed E-state index contributed by atoms with van der Waals surface area (Å²) in [5.74, 6) is 0. The summed E-state index contributed by atoms with van der Waals surface area (Å²) in [6.45, 7) is 1.94. The first-order valence-corrected chi connectivity index (χ1v) is 9.45. The maximum absolute atomic E-state index is 9.67. The summed E-state index contributed by atoms with van der Waals surface area (Å²) in [6.07, 6.45) is 6.45. The van der Waals surface area contributed by atoms with Crippen molar-refractivity contribution in [1.82, 2.24) is 0 Å². The molecule has 5 N–H and O–H groups in total. The highest BCUT2D eigenvalue weighted by Crippen LogP contribution is 2.11. The minimum Gasteiger partial charge on any atom is -0.394 e. The maximum atomic E-state index is 9.67. The predicted molar refractivity (Wildman–Crippen MR) is 93.8 cm³/mol. The summed E-state index contributed by atoms with van der Waals surface area (Å²) in [7, 11) is 0. The molecule has 0 saturated heterocycles. The van der Waals surface area contributed by atoms with Crippen LogP contribution in [0.2, 0.25) is 0 Å². The maximum Gasteiger partial charge on any atom is 0.111 e. The molecule has 0 spiro atoms. The third-order valence-electron chi connectivity index (χ3n) is 4.26. The van der Waals surface area contributed by atoms with Crippen molar-refractivity contribution in [1.29, 1.82) is 0 Å². The van der Waals surface area contributed by atoms with E-state index in [2.05, 4.69) is 6.92 Å². The zero-order valence-corrected chi connectivity index (χ0v) is 15.1. The van der Waals surface area contributed by atoms with Crippen LogP contribution in [0.5, 0.6) is 0 Å². The predicted octanol–water partition coefficient (Wildman–Crippen LogP) is 1.36. The van der Waals surface area contributed by atoms with E-state index in [0.29, 0.717) is 6.61 Å². The Morgan fingerprint density at radius 2 is 1.12 bits per heavy atom. The fraction of sp³-hybridized carbons (Fsp3) is 1.00. The second kappa shape index (κ2) is 16.2. The molecule has 0 amide bonds. The fourth-order valence-electron chi connectivity index (χ4n) is 2.56. The van der Waals surface area contributed by atoms with Crippen molar-refractivity contribution in [3.8, 4) is 0 Å². The van der Waals surface area contributed by atoms with Gasteiger partial charge in [0.25, 0.3) is 0 Å². The molecule has 0 aromatic carbocycles. The fourth-order valence-corrected chi connectivity index (χ4v) is 2.56. The summed E-state index contributed by atoms with van der Waals surface area (Å²) >= 11 is 0. The van der Waals surface area contributed by atoms with Crippen molar-refractivity contribution in [2.45, 2.75) is 95.5 Å². The van der Waals surface area contributed by atoms with Crippen LogP contribution in [0.4, 0.5) is 0 Å². The molecule has 0 bridgehead atoms. The van der Waals surface area contributed by atoms with Crippen molar-refractivity contribution in [3.63, 3.8) is 0 Å². The van der Waals surface area contributed by atoms with Crippen molar-refractivity contribution >= 4 is 0 Å². The lowest BCUT2D eigenvalue weighted by Gasteiger charge is -2.25. The van der Waals surface area contributed by atoms with Gasteiger partial charge in [-0.1, -0.05) is 64.7 Å². The van der Waals surface area contributed by atoms with Crippen LogP contribution < -0.4 is 0 Å². The van der Waals surface area contributed by atoms with Crippen molar-refractivity contribution in [2.24, 2.45) is 0 Å². The Kier molecular flexibility index (Phi) is 16.1. The van der Waals surface area contributed by atoms with Gasteiger partial charge in [0.1, 0.15) is 24.4 Å². The summed E-state index contributed by atoms with van der Waals surface area (Å²) in [4.78, 5) is 0. The normalized spacial score (nSPS) is 16.8. The van der Waals surface area contributed by atoms with Gasteiger partial charge in [0.2, 0.25) is 0 Å². The molecule has 0 aromatic rings. The van der Waals surface area contributed by atoms with E-state index in [1.165, 1.54) is 51.4 Å². The van der Waals surface area contributed by atoms with E-state index >= 15 is 0 Å². The Morgan fingerprint density at radius 1 is 0.667 bits per heavy atom. The minimum absolute atomic E-state index is 0.103. The average molecular weight is 350 g/mol. The summed E-state index contributed by atoms with van der Waals surface area (Å²) in [5.41, 5.74) is 0.